The second kappa shape index (κ2) is 6.81. The lowest BCUT2D eigenvalue weighted by atomic mass is 10.0. The van der Waals surface area contributed by atoms with Crippen LogP contribution in [0.4, 0.5) is 13.5 Å². The third kappa shape index (κ3) is 3.42. The second-order valence-corrected chi connectivity index (χ2v) is 4.79. The van der Waals surface area contributed by atoms with Crippen LogP contribution in [-0.4, -0.2) is 23.9 Å². The third-order valence-electron chi connectivity index (χ3n) is 2.34. The first-order chi connectivity index (χ1) is 9.02. The van der Waals surface area contributed by atoms with Gasteiger partial charge in [0.25, 0.3) is 0 Å². The molecule has 0 amide bonds. The molecule has 0 bridgehead atoms. The van der Waals surface area contributed by atoms with Crippen LogP contribution in [-0.2, 0) is 4.79 Å². The molecule has 0 fully saturated rings. The number of hydrogen-bond acceptors (Lipinski definition) is 2. The van der Waals surface area contributed by atoms with Gasteiger partial charge < -0.3 is 9.84 Å². The van der Waals surface area contributed by atoms with Gasteiger partial charge in [-0.25, -0.2) is 9.18 Å². The predicted molar refractivity (Wildman–Crippen MR) is 67.4 cm³/mol. The van der Waals surface area contributed by atoms with Gasteiger partial charge in [0.1, 0.15) is 12.4 Å². The Morgan fingerprint density at radius 1 is 1.47 bits per heavy atom. The van der Waals surface area contributed by atoms with Crippen molar-refractivity contribution in [1.82, 2.24) is 0 Å². The summed E-state index contributed by atoms with van der Waals surface area (Å²) in [5.74, 6) is -0.892. The zero-order valence-corrected chi connectivity index (χ0v) is 11.5. The number of benzene rings is 1. The van der Waals surface area contributed by atoms with E-state index in [4.69, 9.17) is 30.6 Å². The lowest BCUT2D eigenvalue weighted by Crippen LogP contribution is -2.29. The van der Waals surface area contributed by atoms with Gasteiger partial charge in [0, 0.05) is 19.2 Å². The highest BCUT2D eigenvalue weighted by Crippen LogP contribution is 2.38. The van der Waals surface area contributed by atoms with Crippen molar-refractivity contribution in [3.05, 3.63) is 32.8 Å². The smallest absolute Gasteiger partial charge is 0.335 e. The van der Waals surface area contributed by atoms with Crippen LogP contribution in [0.3, 0.4) is 0 Å². The second-order valence-electron chi connectivity index (χ2n) is 3.47. The molecule has 1 aromatic carbocycles. The molecular weight excluding hydrogens is 352 g/mol. The normalized spacial score (nSPS) is 16.5. The number of aliphatic carboxylic acids is 1. The molecule has 0 saturated carbocycles. The summed E-state index contributed by atoms with van der Waals surface area (Å²) in [6, 6.07) is 3.27. The fourth-order valence-electron chi connectivity index (χ4n) is 1.59. The van der Waals surface area contributed by atoms with Gasteiger partial charge in [-0.1, -0.05) is 27.5 Å². The van der Waals surface area contributed by atoms with Crippen LogP contribution in [0.2, 0.25) is 5.02 Å². The Hall–Kier alpha value is -1.21. The Labute approximate surface area is 119 Å². The molecule has 1 aromatic rings. The van der Waals surface area contributed by atoms with Crippen molar-refractivity contribution in [3.8, 4) is 5.75 Å². The van der Waals surface area contributed by atoms with Crippen LogP contribution in [0.25, 0.3) is 6.08 Å². The molecule has 104 valence electrons. The molecule has 8 heteroatoms. The first kappa shape index (κ1) is 15.8. The van der Waals surface area contributed by atoms with Crippen molar-refractivity contribution in [2.75, 3.05) is 6.67 Å². The average Bonchev–Trinajstić information content (AvgIpc) is 2.39. The van der Waals surface area contributed by atoms with Crippen molar-refractivity contribution < 1.29 is 28.2 Å². The van der Waals surface area contributed by atoms with Crippen molar-refractivity contribution in [3.63, 3.8) is 0 Å². The number of halogens is 5. The molecule has 0 aliphatic carbocycles. The molecule has 1 unspecified atom stereocenters. The van der Waals surface area contributed by atoms with Gasteiger partial charge in [-0.3, -0.25) is 0 Å². The first-order valence-electron chi connectivity index (χ1n) is 4.83. The molecule has 1 aliphatic heterocycles. The zero-order valence-electron chi connectivity index (χ0n) is 9.17. The van der Waals surface area contributed by atoms with E-state index in [0.29, 0.717) is 20.8 Å². The summed E-state index contributed by atoms with van der Waals surface area (Å²) in [6.07, 6.45) is 0.265. The summed E-state index contributed by atoms with van der Waals surface area (Å²) < 4.78 is 34.7. The topological polar surface area (TPSA) is 46.5 Å². The Morgan fingerprint density at radius 3 is 2.63 bits per heavy atom. The fourth-order valence-corrected chi connectivity index (χ4v) is 2.47. The van der Waals surface area contributed by atoms with Crippen molar-refractivity contribution in [2.24, 2.45) is 0 Å². The molecule has 0 spiro atoms. The number of carboxylic acids is 1. The number of hydrogen-bond donors (Lipinski definition) is 1. The number of carboxylic acid groups (broad SMARTS) is 1. The van der Waals surface area contributed by atoms with Gasteiger partial charge in [-0.15, -0.1) is 0 Å². The van der Waals surface area contributed by atoms with Gasteiger partial charge >= 0.3 is 5.97 Å². The highest BCUT2D eigenvalue weighted by Gasteiger charge is 2.29. The van der Waals surface area contributed by atoms with Crippen LogP contribution < -0.4 is 4.74 Å². The molecule has 1 heterocycles. The lowest BCUT2D eigenvalue weighted by molar-refractivity contribution is -0.133. The van der Waals surface area contributed by atoms with Crippen molar-refractivity contribution in [1.29, 1.82) is 0 Å². The van der Waals surface area contributed by atoms with E-state index < -0.39 is 18.7 Å². The molecule has 2 rings (SSSR count). The molecule has 0 radical (unpaired) electrons. The van der Waals surface area contributed by atoms with Crippen LogP contribution >= 0.6 is 27.5 Å². The number of rotatable bonds is 2. The maximum atomic E-state index is 12.7. The van der Waals surface area contributed by atoms with E-state index in [1.807, 2.05) is 0 Å². The molecule has 0 aromatic heterocycles. The van der Waals surface area contributed by atoms with E-state index in [2.05, 4.69) is 15.9 Å². The molecule has 3 nitrogen and oxygen atoms in total. The minimum Gasteiger partial charge on any atom is -0.480 e. The molecule has 19 heavy (non-hydrogen) atoms. The van der Waals surface area contributed by atoms with E-state index in [1.165, 1.54) is 6.08 Å². The minimum atomic E-state index is -1.20. The van der Waals surface area contributed by atoms with E-state index in [-0.39, 0.29) is 5.57 Å². The zero-order chi connectivity index (χ0) is 14.6. The van der Waals surface area contributed by atoms with E-state index in [1.54, 1.807) is 12.1 Å². The Bertz CT molecular complexity index is 522. The number of ether oxygens (including phenoxy) is 1. The summed E-state index contributed by atoms with van der Waals surface area (Å²) >= 11 is 9.18. The fraction of sp³-hybridized carbons (Fsp3) is 0.182. The third-order valence-corrected chi connectivity index (χ3v) is 3.08. The summed E-state index contributed by atoms with van der Waals surface area (Å²) in [7, 11) is 0. The largest absolute Gasteiger partial charge is 0.480 e. The Kier molecular flexibility index (Phi) is 5.68. The highest BCUT2D eigenvalue weighted by molar-refractivity contribution is 9.10. The number of alkyl halides is 1. The molecule has 0 saturated heterocycles. The van der Waals surface area contributed by atoms with Crippen molar-refractivity contribution in [2.45, 2.75) is 6.10 Å². The van der Waals surface area contributed by atoms with Crippen LogP contribution in [0, 0.1) is 0 Å². The van der Waals surface area contributed by atoms with Crippen LogP contribution in [0.5, 0.6) is 5.75 Å². The van der Waals surface area contributed by atoms with Gasteiger partial charge in [-0.2, -0.15) is 0 Å². The SMILES string of the molecule is FF.O=C(O)C1=Cc2cc(Br)cc(Cl)c2OC1CF. The van der Waals surface area contributed by atoms with Gasteiger partial charge in [0.15, 0.2) is 6.10 Å². The lowest BCUT2D eigenvalue weighted by Gasteiger charge is -2.24. The Balaban J connectivity index is 0.000000861. The van der Waals surface area contributed by atoms with E-state index in [0.717, 1.165) is 0 Å². The Morgan fingerprint density at radius 2 is 2.11 bits per heavy atom. The summed E-state index contributed by atoms with van der Waals surface area (Å²) in [4.78, 5) is 10.9. The first-order valence-corrected chi connectivity index (χ1v) is 6.01. The quantitative estimate of drug-likeness (QED) is 0.863. The maximum Gasteiger partial charge on any atom is 0.335 e. The molecule has 1 N–H and O–H groups in total. The summed E-state index contributed by atoms with van der Waals surface area (Å²) in [6.45, 7) is -0.913. The van der Waals surface area contributed by atoms with Gasteiger partial charge in [0.05, 0.1) is 10.6 Å². The monoisotopic (exact) mass is 358 g/mol. The molecule has 1 atom stereocenters. The highest BCUT2D eigenvalue weighted by atomic mass is 79.9. The number of carbonyl (C=O) groups is 1. The van der Waals surface area contributed by atoms with Crippen molar-refractivity contribution >= 4 is 39.6 Å². The summed E-state index contributed by atoms with van der Waals surface area (Å²) in [5, 5.41) is 9.26. The van der Waals surface area contributed by atoms with E-state index in [9.17, 15) is 9.18 Å². The van der Waals surface area contributed by atoms with Gasteiger partial charge in [-0.05, 0) is 18.2 Å². The average molecular weight is 360 g/mol. The minimum absolute atomic E-state index is 0.117. The maximum absolute atomic E-state index is 12.7. The standard InChI is InChI=1S/C11H7BrClFO3.F2/c12-6-1-5-2-7(11(15)16)9(4-14)17-10(5)8(13)3-6;1-2/h1-3,9H,4H2,(H,15,16);. The van der Waals surface area contributed by atoms with E-state index >= 15 is 0 Å². The number of fused-ring (bicyclic) bond motifs is 1. The molecular formula is C11H7BrClF3O3. The van der Waals surface area contributed by atoms with Crippen LogP contribution in [0.1, 0.15) is 5.56 Å². The predicted octanol–water partition coefficient (Wildman–Crippen LogP) is 4.14. The van der Waals surface area contributed by atoms with Gasteiger partial charge in [0.2, 0.25) is 0 Å². The summed E-state index contributed by atoms with van der Waals surface area (Å²) in [5.41, 5.74) is 0.403. The van der Waals surface area contributed by atoms with Crippen LogP contribution in [0.15, 0.2) is 22.2 Å². The molecule has 1 aliphatic rings.